The zero-order chi connectivity index (χ0) is 10.5. The van der Waals surface area contributed by atoms with Gasteiger partial charge in [-0.1, -0.05) is 27.2 Å². The standard InChI is InChI=1S/C12H27N/c1-7-10-12(6,8-2)13(9-3)11(4)5/h11H,7-10H2,1-6H3. The third kappa shape index (κ3) is 3.30. The first-order valence-electron chi connectivity index (χ1n) is 5.78. The van der Waals surface area contributed by atoms with Crippen LogP contribution in [0.25, 0.3) is 0 Å². The second-order valence-electron chi connectivity index (χ2n) is 4.48. The van der Waals surface area contributed by atoms with Gasteiger partial charge in [-0.15, -0.1) is 0 Å². The number of nitrogens with zero attached hydrogens (tertiary/aromatic N) is 1. The molecule has 0 N–H and O–H groups in total. The summed E-state index contributed by atoms with van der Waals surface area (Å²) >= 11 is 0. The van der Waals surface area contributed by atoms with Gasteiger partial charge in [-0.3, -0.25) is 4.90 Å². The summed E-state index contributed by atoms with van der Waals surface area (Å²) in [5.41, 5.74) is 0.414. The van der Waals surface area contributed by atoms with Crippen LogP contribution in [0, 0.1) is 0 Å². The van der Waals surface area contributed by atoms with Crippen LogP contribution in [0.15, 0.2) is 0 Å². The maximum absolute atomic E-state index is 2.62. The Labute approximate surface area is 84.5 Å². The fourth-order valence-electron chi connectivity index (χ4n) is 2.43. The highest BCUT2D eigenvalue weighted by Crippen LogP contribution is 2.26. The second-order valence-corrected chi connectivity index (χ2v) is 4.48. The molecule has 13 heavy (non-hydrogen) atoms. The molecule has 1 unspecified atom stereocenters. The topological polar surface area (TPSA) is 3.24 Å². The summed E-state index contributed by atoms with van der Waals surface area (Å²) in [7, 11) is 0. The molecule has 1 nitrogen and oxygen atoms in total. The Balaban J connectivity index is 4.48. The molecule has 0 bridgehead atoms. The molecule has 0 spiro atoms. The minimum absolute atomic E-state index is 0.414. The summed E-state index contributed by atoms with van der Waals surface area (Å²) in [4.78, 5) is 2.62. The minimum atomic E-state index is 0.414. The molecule has 0 radical (unpaired) electrons. The van der Waals surface area contributed by atoms with Gasteiger partial charge in [-0.05, 0) is 40.2 Å². The van der Waals surface area contributed by atoms with Crippen LogP contribution in [0.4, 0.5) is 0 Å². The molecule has 0 heterocycles. The first kappa shape index (κ1) is 13.0. The van der Waals surface area contributed by atoms with Gasteiger partial charge >= 0.3 is 0 Å². The largest absolute Gasteiger partial charge is 0.296 e. The Bertz CT molecular complexity index is 131. The van der Waals surface area contributed by atoms with Gasteiger partial charge in [0.1, 0.15) is 0 Å². The monoisotopic (exact) mass is 185 g/mol. The molecule has 0 aromatic carbocycles. The predicted octanol–water partition coefficient (Wildman–Crippen LogP) is 3.69. The molecule has 0 rings (SSSR count). The molecule has 0 fully saturated rings. The summed E-state index contributed by atoms with van der Waals surface area (Å²) < 4.78 is 0. The predicted molar refractivity (Wildman–Crippen MR) is 61.1 cm³/mol. The Morgan fingerprint density at radius 1 is 1.15 bits per heavy atom. The molecule has 80 valence electrons. The molecule has 0 aliphatic rings. The van der Waals surface area contributed by atoms with E-state index in [0.717, 1.165) is 0 Å². The number of rotatable bonds is 6. The highest BCUT2D eigenvalue weighted by atomic mass is 15.2. The minimum Gasteiger partial charge on any atom is -0.296 e. The van der Waals surface area contributed by atoms with Gasteiger partial charge < -0.3 is 0 Å². The van der Waals surface area contributed by atoms with Crippen molar-refractivity contribution >= 4 is 0 Å². The first-order valence-corrected chi connectivity index (χ1v) is 5.78. The summed E-state index contributed by atoms with van der Waals surface area (Å²) in [6, 6.07) is 0.668. The van der Waals surface area contributed by atoms with Crippen LogP contribution < -0.4 is 0 Å². The summed E-state index contributed by atoms with van der Waals surface area (Å²) in [6.45, 7) is 15.0. The van der Waals surface area contributed by atoms with Crippen molar-refractivity contribution < 1.29 is 0 Å². The van der Waals surface area contributed by atoms with Crippen LogP contribution in [0.2, 0.25) is 0 Å². The molecule has 0 saturated heterocycles. The molecule has 0 aliphatic heterocycles. The van der Waals surface area contributed by atoms with Crippen LogP contribution in [-0.2, 0) is 0 Å². The molecule has 0 aromatic rings. The van der Waals surface area contributed by atoms with Gasteiger partial charge in [0.15, 0.2) is 0 Å². The molecule has 1 heteroatoms. The summed E-state index contributed by atoms with van der Waals surface area (Å²) in [5.74, 6) is 0. The van der Waals surface area contributed by atoms with E-state index in [4.69, 9.17) is 0 Å². The van der Waals surface area contributed by atoms with Crippen LogP contribution in [0.3, 0.4) is 0 Å². The Kier molecular flexibility index (Phi) is 5.62. The van der Waals surface area contributed by atoms with E-state index in [1.165, 1.54) is 25.8 Å². The Hall–Kier alpha value is -0.0400. The molecule has 1 atom stereocenters. The lowest BCUT2D eigenvalue weighted by Gasteiger charge is -2.43. The van der Waals surface area contributed by atoms with Crippen molar-refractivity contribution in [2.45, 2.75) is 72.4 Å². The highest BCUT2D eigenvalue weighted by molar-refractivity contribution is 4.85. The van der Waals surface area contributed by atoms with Gasteiger partial charge in [-0.2, -0.15) is 0 Å². The van der Waals surface area contributed by atoms with Crippen molar-refractivity contribution in [1.82, 2.24) is 4.90 Å². The lowest BCUT2D eigenvalue weighted by atomic mass is 9.89. The van der Waals surface area contributed by atoms with Crippen molar-refractivity contribution in [3.8, 4) is 0 Å². The molecule has 0 saturated carbocycles. The van der Waals surface area contributed by atoms with E-state index in [-0.39, 0.29) is 0 Å². The zero-order valence-corrected chi connectivity index (χ0v) is 10.4. The van der Waals surface area contributed by atoms with Crippen molar-refractivity contribution in [2.75, 3.05) is 6.54 Å². The third-order valence-corrected chi connectivity index (χ3v) is 3.21. The fourth-order valence-corrected chi connectivity index (χ4v) is 2.43. The summed E-state index contributed by atoms with van der Waals surface area (Å²) in [6.07, 6.45) is 3.86. The van der Waals surface area contributed by atoms with Crippen LogP contribution in [-0.4, -0.2) is 23.0 Å². The first-order chi connectivity index (χ1) is 6.01. The van der Waals surface area contributed by atoms with Crippen LogP contribution in [0.1, 0.15) is 60.8 Å². The highest BCUT2D eigenvalue weighted by Gasteiger charge is 2.29. The van der Waals surface area contributed by atoms with Gasteiger partial charge in [0.05, 0.1) is 0 Å². The van der Waals surface area contributed by atoms with Crippen molar-refractivity contribution in [3.05, 3.63) is 0 Å². The van der Waals surface area contributed by atoms with Crippen molar-refractivity contribution in [2.24, 2.45) is 0 Å². The van der Waals surface area contributed by atoms with Crippen molar-refractivity contribution in [1.29, 1.82) is 0 Å². The van der Waals surface area contributed by atoms with Gasteiger partial charge in [0.2, 0.25) is 0 Å². The quantitative estimate of drug-likeness (QED) is 0.610. The van der Waals surface area contributed by atoms with E-state index in [0.29, 0.717) is 11.6 Å². The third-order valence-electron chi connectivity index (χ3n) is 3.21. The molecule has 0 aromatic heterocycles. The molecular formula is C12H27N. The van der Waals surface area contributed by atoms with E-state index in [1.54, 1.807) is 0 Å². The Morgan fingerprint density at radius 3 is 1.92 bits per heavy atom. The van der Waals surface area contributed by atoms with E-state index >= 15 is 0 Å². The van der Waals surface area contributed by atoms with E-state index < -0.39 is 0 Å². The summed E-state index contributed by atoms with van der Waals surface area (Å²) in [5, 5.41) is 0. The van der Waals surface area contributed by atoms with Gasteiger partial charge in [0, 0.05) is 11.6 Å². The van der Waals surface area contributed by atoms with E-state index in [9.17, 15) is 0 Å². The average molecular weight is 185 g/mol. The smallest absolute Gasteiger partial charge is 0.0181 e. The van der Waals surface area contributed by atoms with Crippen LogP contribution >= 0.6 is 0 Å². The van der Waals surface area contributed by atoms with Gasteiger partial charge in [0.25, 0.3) is 0 Å². The normalized spacial score (nSPS) is 16.6. The fraction of sp³-hybridized carbons (Fsp3) is 1.00. The molecular weight excluding hydrogens is 158 g/mol. The zero-order valence-electron chi connectivity index (χ0n) is 10.4. The number of hydrogen-bond donors (Lipinski definition) is 0. The van der Waals surface area contributed by atoms with E-state index in [2.05, 4.69) is 46.4 Å². The van der Waals surface area contributed by atoms with E-state index in [1.807, 2.05) is 0 Å². The maximum atomic E-state index is 2.62. The maximum Gasteiger partial charge on any atom is 0.0181 e. The second kappa shape index (κ2) is 5.64. The molecule has 0 aliphatic carbocycles. The molecule has 0 amide bonds. The Morgan fingerprint density at radius 2 is 1.69 bits per heavy atom. The van der Waals surface area contributed by atoms with Crippen molar-refractivity contribution in [3.63, 3.8) is 0 Å². The lowest BCUT2D eigenvalue weighted by molar-refractivity contribution is 0.0637. The lowest BCUT2D eigenvalue weighted by Crippen LogP contribution is -2.49. The number of hydrogen-bond acceptors (Lipinski definition) is 1. The van der Waals surface area contributed by atoms with Crippen LogP contribution in [0.5, 0.6) is 0 Å². The average Bonchev–Trinajstić information content (AvgIpc) is 2.05. The van der Waals surface area contributed by atoms with Gasteiger partial charge in [-0.25, -0.2) is 0 Å². The SMILES string of the molecule is CCCC(C)(CC)N(CC)C(C)C.